The lowest BCUT2D eigenvalue weighted by molar-refractivity contribution is -0.129. The predicted octanol–water partition coefficient (Wildman–Crippen LogP) is 1.64. The first-order valence-corrected chi connectivity index (χ1v) is 6.12. The average Bonchev–Trinajstić information content (AvgIpc) is 2.21. The van der Waals surface area contributed by atoms with E-state index in [-0.39, 0.29) is 10.6 Å². The van der Waals surface area contributed by atoms with Gasteiger partial charge in [-0.2, -0.15) is 8.42 Å². The summed E-state index contributed by atoms with van der Waals surface area (Å²) in [6, 6.07) is 2.62. The van der Waals surface area contributed by atoms with E-state index < -0.39 is 16.1 Å². The molecule has 1 rings (SSSR count). The number of carbonyl (C=O) groups excluding carboxylic acids is 1. The highest BCUT2D eigenvalue weighted by Crippen LogP contribution is 2.25. The van der Waals surface area contributed by atoms with Gasteiger partial charge in [0.05, 0.1) is 4.90 Å². The molecule has 0 unspecified atom stereocenters. The lowest BCUT2D eigenvalue weighted by Crippen LogP contribution is -2.07. The highest BCUT2D eigenvalue weighted by molar-refractivity contribution is 7.85. The Morgan fingerprint density at radius 3 is 2.41 bits per heavy atom. The van der Waals surface area contributed by atoms with Gasteiger partial charge in [0.25, 0.3) is 10.1 Å². The van der Waals surface area contributed by atoms with E-state index in [1.807, 2.05) is 0 Å². The Bertz CT molecular complexity index is 572. The Kier molecular flexibility index (Phi) is 3.69. The van der Waals surface area contributed by atoms with Gasteiger partial charge in [-0.05, 0) is 37.1 Å². The largest absolute Gasteiger partial charge is 0.423 e. The maximum atomic E-state index is 11.0. The summed E-state index contributed by atoms with van der Waals surface area (Å²) in [6.45, 7) is 6.32. The fraction of sp³-hybridized carbons (Fsp3) is 0.182. The Morgan fingerprint density at radius 1 is 1.35 bits per heavy atom. The van der Waals surface area contributed by atoms with Crippen LogP contribution >= 0.6 is 0 Å². The van der Waals surface area contributed by atoms with Crippen LogP contribution in [0, 0.1) is 13.8 Å². The minimum Gasteiger partial charge on any atom is -0.423 e. The van der Waals surface area contributed by atoms with Gasteiger partial charge < -0.3 is 4.74 Å². The van der Waals surface area contributed by atoms with Crippen LogP contribution in [0.15, 0.2) is 29.7 Å². The first-order valence-electron chi connectivity index (χ1n) is 4.68. The third-order valence-electron chi connectivity index (χ3n) is 2.13. The van der Waals surface area contributed by atoms with Crippen molar-refractivity contribution < 1.29 is 22.5 Å². The zero-order valence-corrected chi connectivity index (χ0v) is 10.2. The highest BCUT2D eigenvalue weighted by Gasteiger charge is 2.16. The van der Waals surface area contributed by atoms with Crippen molar-refractivity contribution in [1.82, 2.24) is 0 Å². The SMILES string of the molecule is C=CC(=O)Oc1cc(C)c(S(=O)(=O)O)cc1C. The van der Waals surface area contributed by atoms with Crippen LogP contribution < -0.4 is 4.74 Å². The highest BCUT2D eigenvalue weighted by atomic mass is 32.2. The van der Waals surface area contributed by atoms with Crippen molar-refractivity contribution in [2.24, 2.45) is 0 Å². The molecule has 0 amide bonds. The van der Waals surface area contributed by atoms with Crippen molar-refractivity contribution in [3.05, 3.63) is 35.9 Å². The topological polar surface area (TPSA) is 80.7 Å². The molecule has 0 bridgehead atoms. The van der Waals surface area contributed by atoms with E-state index in [1.165, 1.54) is 19.1 Å². The summed E-state index contributed by atoms with van der Waals surface area (Å²) >= 11 is 0. The first-order chi connectivity index (χ1) is 7.75. The molecule has 0 fully saturated rings. The van der Waals surface area contributed by atoms with Gasteiger partial charge in [-0.25, -0.2) is 4.79 Å². The van der Waals surface area contributed by atoms with Crippen LogP contribution in [0.4, 0.5) is 0 Å². The van der Waals surface area contributed by atoms with Crippen molar-refractivity contribution >= 4 is 16.1 Å². The van der Waals surface area contributed by atoms with E-state index in [9.17, 15) is 13.2 Å². The average molecular weight is 256 g/mol. The molecule has 0 aliphatic heterocycles. The third-order valence-corrected chi connectivity index (χ3v) is 3.12. The maximum Gasteiger partial charge on any atom is 0.335 e. The quantitative estimate of drug-likeness (QED) is 0.385. The molecular formula is C11H12O5S. The van der Waals surface area contributed by atoms with Crippen LogP contribution in [0.5, 0.6) is 5.75 Å². The Balaban J connectivity index is 3.28. The van der Waals surface area contributed by atoms with Gasteiger partial charge >= 0.3 is 5.97 Å². The number of ether oxygens (including phenoxy) is 1. The summed E-state index contributed by atoms with van der Waals surface area (Å²) in [5, 5.41) is 0. The Hall–Kier alpha value is -1.66. The van der Waals surface area contributed by atoms with Crippen LogP contribution in [0.1, 0.15) is 11.1 Å². The lowest BCUT2D eigenvalue weighted by atomic mass is 10.1. The molecule has 5 nitrogen and oxygen atoms in total. The summed E-state index contributed by atoms with van der Waals surface area (Å²) in [5.41, 5.74) is 0.725. The molecule has 0 heterocycles. The molecule has 0 aromatic heterocycles. The zero-order chi connectivity index (χ0) is 13.2. The maximum absolute atomic E-state index is 11.0. The molecule has 92 valence electrons. The number of hydrogen-bond acceptors (Lipinski definition) is 4. The van der Waals surface area contributed by atoms with Gasteiger partial charge in [0.2, 0.25) is 0 Å². The van der Waals surface area contributed by atoms with Crippen LogP contribution in [-0.4, -0.2) is 18.9 Å². The van der Waals surface area contributed by atoms with Crippen LogP contribution in [0.2, 0.25) is 0 Å². The van der Waals surface area contributed by atoms with Gasteiger partial charge in [-0.3, -0.25) is 4.55 Å². The van der Waals surface area contributed by atoms with Gasteiger partial charge in [-0.1, -0.05) is 6.58 Å². The third kappa shape index (κ3) is 3.15. The summed E-state index contributed by atoms with van der Waals surface area (Å²) in [4.78, 5) is 10.8. The molecule has 0 radical (unpaired) electrons. The Morgan fingerprint density at radius 2 is 1.94 bits per heavy atom. The standard InChI is InChI=1S/C11H12O5S/c1-4-11(12)16-9-5-8(3)10(6-7(9)2)17(13,14)15/h4-6H,1H2,2-3H3,(H,13,14,15). The van der Waals surface area contributed by atoms with Crippen molar-refractivity contribution in [3.63, 3.8) is 0 Å². The van der Waals surface area contributed by atoms with E-state index in [0.717, 1.165) is 6.08 Å². The number of rotatable bonds is 3. The van der Waals surface area contributed by atoms with E-state index in [4.69, 9.17) is 9.29 Å². The van der Waals surface area contributed by atoms with Crippen molar-refractivity contribution in [2.45, 2.75) is 18.7 Å². The molecule has 1 aromatic rings. The smallest absolute Gasteiger partial charge is 0.335 e. The molecule has 0 aliphatic carbocycles. The minimum atomic E-state index is -4.27. The molecule has 1 N–H and O–H groups in total. The number of hydrogen-bond donors (Lipinski definition) is 1. The fourth-order valence-corrected chi connectivity index (χ4v) is 2.09. The van der Waals surface area contributed by atoms with Crippen molar-refractivity contribution in [1.29, 1.82) is 0 Å². The van der Waals surface area contributed by atoms with E-state index in [0.29, 0.717) is 11.1 Å². The van der Waals surface area contributed by atoms with Gasteiger partial charge in [0.1, 0.15) is 5.75 Å². The summed E-state index contributed by atoms with van der Waals surface area (Å²) in [5.74, 6) is -0.396. The van der Waals surface area contributed by atoms with Crippen LogP contribution in [-0.2, 0) is 14.9 Å². The predicted molar refractivity (Wildman–Crippen MR) is 61.6 cm³/mol. The molecule has 17 heavy (non-hydrogen) atoms. The second-order valence-electron chi connectivity index (χ2n) is 3.48. The van der Waals surface area contributed by atoms with Gasteiger partial charge in [-0.15, -0.1) is 0 Å². The zero-order valence-electron chi connectivity index (χ0n) is 9.43. The summed E-state index contributed by atoms with van der Waals surface area (Å²) < 4.78 is 35.9. The molecule has 0 saturated heterocycles. The first kappa shape index (κ1) is 13.4. The molecule has 0 spiro atoms. The minimum absolute atomic E-state index is 0.201. The number of esters is 1. The monoisotopic (exact) mass is 256 g/mol. The molecule has 6 heteroatoms. The van der Waals surface area contributed by atoms with Crippen LogP contribution in [0.25, 0.3) is 0 Å². The van der Waals surface area contributed by atoms with Crippen molar-refractivity contribution in [2.75, 3.05) is 0 Å². The normalized spacial score (nSPS) is 11.0. The summed E-state index contributed by atoms with van der Waals surface area (Å²) in [7, 11) is -4.27. The number of aryl methyl sites for hydroxylation is 2. The van der Waals surface area contributed by atoms with Gasteiger partial charge in [0, 0.05) is 6.08 Å². The summed E-state index contributed by atoms with van der Waals surface area (Å²) in [6.07, 6.45) is 1.01. The molecule has 0 saturated carbocycles. The molecule has 0 aliphatic rings. The van der Waals surface area contributed by atoms with Crippen molar-refractivity contribution in [3.8, 4) is 5.75 Å². The number of benzene rings is 1. The van der Waals surface area contributed by atoms with E-state index >= 15 is 0 Å². The fourth-order valence-electron chi connectivity index (χ4n) is 1.30. The second-order valence-corrected chi connectivity index (χ2v) is 4.87. The Labute approximate surface area is 99.5 Å². The van der Waals surface area contributed by atoms with E-state index in [1.54, 1.807) is 6.92 Å². The molecule has 1 aromatic carbocycles. The second kappa shape index (κ2) is 4.68. The number of carbonyl (C=O) groups is 1. The molecular weight excluding hydrogens is 244 g/mol. The molecule has 0 atom stereocenters. The van der Waals surface area contributed by atoms with Crippen LogP contribution in [0.3, 0.4) is 0 Å². The van der Waals surface area contributed by atoms with E-state index in [2.05, 4.69) is 6.58 Å². The van der Waals surface area contributed by atoms with Gasteiger partial charge in [0.15, 0.2) is 0 Å². The lowest BCUT2D eigenvalue weighted by Gasteiger charge is -2.09.